The van der Waals surface area contributed by atoms with Gasteiger partial charge in [0.25, 0.3) is 0 Å². The van der Waals surface area contributed by atoms with E-state index in [4.69, 9.17) is 4.74 Å². The van der Waals surface area contributed by atoms with Crippen molar-refractivity contribution in [3.63, 3.8) is 0 Å². The van der Waals surface area contributed by atoms with Gasteiger partial charge in [-0.05, 0) is 0 Å². The smallest absolute Gasteiger partial charge is 0.169 e. The number of aliphatic hydroxyl groups is 1. The molecule has 0 bridgehead atoms. The van der Waals surface area contributed by atoms with Crippen LogP contribution in [-0.2, 0) is 9.53 Å². The summed E-state index contributed by atoms with van der Waals surface area (Å²) in [5, 5.41) is 10.0. The standard InChI is InChI=1S/C9H16O3/c1-8(2,3)9(11)6-12-5-4-7(9)10/h11H,4-6H2,1-3H3. The molecule has 1 aliphatic heterocycles. The van der Waals surface area contributed by atoms with Crippen molar-refractivity contribution in [2.75, 3.05) is 13.2 Å². The Hall–Kier alpha value is -0.410. The van der Waals surface area contributed by atoms with Crippen LogP contribution in [0.3, 0.4) is 0 Å². The molecule has 70 valence electrons. The molecule has 0 aromatic rings. The van der Waals surface area contributed by atoms with E-state index in [0.29, 0.717) is 13.0 Å². The molecule has 0 aromatic carbocycles. The normalized spacial score (nSPS) is 32.2. The first-order valence-corrected chi connectivity index (χ1v) is 4.21. The molecule has 1 N–H and O–H groups in total. The van der Waals surface area contributed by atoms with Gasteiger partial charge in [-0.2, -0.15) is 0 Å². The lowest BCUT2D eigenvalue weighted by Gasteiger charge is -2.40. The largest absolute Gasteiger partial charge is 0.379 e. The number of hydrogen-bond acceptors (Lipinski definition) is 3. The molecule has 0 amide bonds. The lowest BCUT2D eigenvalue weighted by molar-refractivity contribution is -0.172. The second kappa shape index (κ2) is 2.82. The van der Waals surface area contributed by atoms with Gasteiger partial charge in [-0.25, -0.2) is 0 Å². The van der Waals surface area contributed by atoms with Gasteiger partial charge in [0.15, 0.2) is 11.4 Å². The molecule has 0 saturated carbocycles. The fourth-order valence-corrected chi connectivity index (χ4v) is 1.31. The van der Waals surface area contributed by atoms with Gasteiger partial charge in [-0.3, -0.25) is 4.79 Å². The molecule has 0 radical (unpaired) electrons. The molecule has 1 saturated heterocycles. The van der Waals surface area contributed by atoms with Crippen LogP contribution in [0.2, 0.25) is 0 Å². The van der Waals surface area contributed by atoms with Gasteiger partial charge in [0.1, 0.15) is 0 Å². The maximum absolute atomic E-state index is 11.4. The molecule has 0 aromatic heterocycles. The van der Waals surface area contributed by atoms with Crippen LogP contribution in [0, 0.1) is 5.41 Å². The van der Waals surface area contributed by atoms with Crippen LogP contribution in [0.4, 0.5) is 0 Å². The summed E-state index contributed by atoms with van der Waals surface area (Å²) in [6.07, 6.45) is 0.327. The fourth-order valence-electron chi connectivity index (χ4n) is 1.31. The Morgan fingerprint density at radius 2 is 2.08 bits per heavy atom. The molecule has 1 atom stereocenters. The van der Waals surface area contributed by atoms with Gasteiger partial charge < -0.3 is 9.84 Å². The van der Waals surface area contributed by atoms with Crippen molar-refractivity contribution in [1.29, 1.82) is 0 Å². The van der Waals surface area contributed by atoms with E-state index in [1.807, 2.05) is 20.8 Å². The number of rotatable bonds is 0. The predicted molar refractivity (Wildman–Crippen MR) is 44.8 cm³/mol. The van der Waals surface area contributed by atoms with Gasteiger partial charge in [0, 0.05) is 11.8 Å². The zero-order valence-electron chi connectivity index (χ0n) is 7.89. The molecule has 3 heteroatoms. The second-order valence-electron chi connectivity index (χ2n) is 4.34. The average Bonchev–Trinajstić information content (AvgIpc) is 1.93. The molecule has 1 rings (SSSR count). The highest BCUT2D eigenvalue weighted by Gasteiger charge is 2.48. The van der Waals surface area contributed by atoms with E-state index in [1.165, 1.54) is 0 Å². The molecule has 0 aliphatic carbocycles. The summed E-state index contributed by atoms with van der Waals surface area (Å²) in [6, 6.07) is 0. The summed E-state index contributed by atoms with van der Waals surface area (Å²) in [6.45, 7) is 6.12. The van der Waals surface area contributed by atoms with Crippen LogP contribution in [-0.4, -0.2) is 29.7 Å². The van der Waals surface area contributed by atoms with Crippen LogP contribution in [0.15, 0.2) is 0 Å². The molecular formula is C9H16O3. The van der Waals surface area contributed by atoms with Crippen LogP contribution in [0.1, 0.15) is 27.2 Å². The lowest BCUT2D eigenvalue weighted by Crippen LogP contribution is -2.56. The first-order chi connectivity index (χ1) is 5.38. The Morgan fingerprint density at radius 3 is 2.42 bits per heavy atom. The summed E-state index contributed by atoms with van der Waals surface area (Å²) >= 11 is 0. The highest BCUT2D eigenvalue weighted by molar-refractivity contribution is 5.88. The van der Waals surface area contributed by atoms with Gasteiger partial charge >= 0.3 is 0 Å². The molecule has 1 fully saturated rings. The van der Waals surface area contributed by atoms with E-state index >= 15 is 0 Å². The van der Waals surface area contributed by atoms with E-state index in [2.05, 4.69) is 0 Å². The number of ether oxygens (including phenoxy) is 1. The van der Waals surface area contributed by atoms with Crippen molar-refractivity contribution in [2.45, 2.75) is 32.8 Å². The van der Waals surface area contributed by atoms with Crippen molar-refractivity contribution < 1.29 is 14.6 Å². The third kappa shape index (κ3) is 1.39. The highest BCUT2D eigenvalue weighted by Crippen LogP contribution is 2.34. The second-order valence-corrected chi connectivity index (χ2v) is 4.34. The van der Waals surface area contributed by atoms with Crippen molar-refractivity contribution in [3.8, 4) is 0 Å². The van der Waals surface area contributed by atoms with E-state index in [0.717, 1.165) is 0 Å². The van der Waals surface area contributed by atoms with Crippen LogP contribution < -0.4 is 0 Å². The Morgan fingerprint density at radius 1 is 1.50 bits per heavy atom. The molecule has 3 nitrogen and oxygen atoms in total. The summed E-state index contributed by atoms with van der Waals surface area (Å²) in [5.41, 5.74) is -1.73. The third-order valence-corrected chi connectivity index (χ3v) is 2.49. The number of carbonyl (C=O) groups is 1. The van der Waals surface area contributed by atoms with Crippen molar-refractivity contribution in [3.05, 3.63) is 0 Å². The van der Waals surface area contributed by atoms with Gasteiger partial charge in [0.05, 0.1) is 13.2 Å². The van der Waals surface area contributed by atoms with E-state index in [-0.39, 0.29) is 12.4 Å². The average molecular weight is 172 g/mol. The summed E-state index contributed by atoms with van der Waals surface area (Å²) < 4.78 is 5.11. The van der Waals surface area contributed by atoms with E-state index in [1.54, 1.807) is 0 Å². The zero-order valence-corrected chi connectivity index (χ0v) is 7.89. The molecular weight excluding hydrogens is 156 g/mol. The molecule has 1 heterocycles. The number of ketones is 1. The summed E-state index contributed by atoms with van der Waals surface area (Å²) in [5.74, 6) is -0.0961. The number of Topliss-reactive ketones (excluding diaryl/α,β-unsaturated/α-hetero) is 1. The van der Waals surface area contributed by atoms with Gasteiger partial charge in [-0.1, -0.05) is 20.8 Å². The Bertz CT molecular complexity index is 192. The topological polar surface area (TPSA) is 46.5 Å². The molecule has 0 spiro atoms. The minimum atomic E-state index is -1.29. The van der Waals surface area contributed by atoms with Crippen molar-refractivity contribution in [2.24, 2.45) is 5.41 Å². The molecule has 1 unspecified atom stereocenters. The van der Waals surface area contributed by atoms with Crippen LogP contribution in [0.25, 0.3) is 0 Å². The van der Waals surface area contributed by atoms with Gasteiger partial charge in [-0.15, -0.1) is 0 Å². The van der Waals surface area contributed by atoms with Crippen molar-refractivity contribution in [1.82, 2.24) is 0 Å². The van der Waals surface area contributed by atoms with E-state index in [9.17, 15) is 9.90 Å². The minimum Gasteiger partial charge on any atom is -0.379 e. The van der Waals surface area contributed by atoms with Crippen LogP contribution >= 0.6 is 0 Å². The maximum atomic E-state index is 11.4. The monoisotopic (exact) mass is 172 g/mol. The fraction of sp³-hybridized carbons (Fsp3) is 0.889. The zero-order chi connectivity index (χ0) is 9.41. The quantitative estimate of drug-likeness (QED) is 0.586. The van der Waals surface area contributed by atoms with E-state index < -0.39 is 11.0 Å². The third-order valence-electron chi connectivity index (χ3n) is 2.49. The maximum Gasteiger partial charge on any atom is 0.169 e. The Balaban J connectivity index is 2.87. The minimum absolute atomic E-state index is 0.0961. The first kappa shape index (κ1) is 9.68. The number of hydrogen-bond donors (Lipinski definition) is 1. The molecule has 12 heavy (non-hydrogen) atoms. The summed E-state index contributed by atoms with van der Waals surface area (Å²) in [4.78, 5) is 11.4. The predicted octanol–water partition coefficient (Wildman–Crippen LogP) is 0.753. The highest BCUT2D eigenvalue weighted by atomic mass is 16.5. The Kier molecular flexibility index (Phi) is 2.27. The Labute approximate surface area is 72.7 Å². The SMILES string of the molecule is CC(C)(C)C1(O)COCCC1=O. The summed E-state index contributed by atoms with van der Waals surface area (Å²) in [7, 11) is 0. The van der Waals surface area contributed by atoms with Crippen molar-refractivity contribution >= 4 is 5.78 Å². The van der Waals surface area contributed by atoms with Gasteiger partial charge in [0.2, 0.25) is 0 Å². The van der Waals surface area contributed by atoms with Crippen LogP contribution in [0.5, 0.6) is 0 Å². The lowest BCUT2D eigenvalue weighted by atomic mass is 9.73. The molecule has 1 aliphatic rings. The number of carbonyl (C=O) groups excluding carboxylic acids is 1. The first-order valence-electron chi connectivity index (χ1n) is 4.21.